The van der Waals surface area contributed by atoms with Gasteiger partial charge in [-0.25, -0.2) is 24.5 Å². The number of aromatic nitrogens is 5. The Morgan fingerprint density at radius 1 is 0.695 bits per heavy atom. The minimum Gasteiger partial charge on any atom is -0.453 e. The molecule has 0 bridgehead atoms. The van der Waals surface area contributed by atoms with Crippen molar-refractivity contribution in [2.75, 3.05) is 27.3 Å². The van der Waals surface area contributed by atoms with Crippen molar-refractivity contribution in [3.8, 4) is 33.8 Å². The molecule has 4 atom stereocenters. The number of carbonyl (C=O) groups excluding carboxylic acids is 4. The zero-order valence-corrected chi connectivity index (χ0v) is 33.0. The number of pyridine rings is 1. The van der Waals surface area contributed by atoms with Crippen molar-refractivity contribution in [1.82, 2.24) is 45.4 Å². The van der Waals surface area contributed by atoms with E-state index < -0.39 is 24.3 Å². The molecule has 0 saturated carbocycles. The van der Waals surface area contributed by atoms with Gasteiger partial charge in [0.15, 0.2) is 0 Å². The summed E-state index contributed by atoms with van der Waals surface area (Å²) in [6.45, 7) is 2.78. The summed E-state index contributed by atoms with van der Waals surface area (Å²) in [6.07, 6.45) is 5.43. The first-order chi connectivity index (χ1) is 28.7. The summed E-state index contributed by atoms with van der Waals surface area (Å²) in [6, 6.07) is 25.3. The van der Waals surface area contributed by atoms with Crippen molar-refractivity contribution >= 4 is 34.9 Å². The molecule has 4 amide bonds. The van der Waals surface area contributed by atoms with Gasteiger partial charge in [-0.05, 0) is 61.9 Å². The maximum atomic E-state index is 13.9. The minimum atomic E-state index is -0.885. The minimum absolute atomic E-state index is 0.180. The van der Waals surface area contributed by atoms with Gasteiger partial charge in [0.05, 0.1) is 61.3 Å². The zero-order valence-electron chi connectivity index (χ0n) is 33.0. The van der Waals surface area contributed by atoms with E-state index in [9.17, 15) is 19.2 Å². The number of hydrogen-bond donors (Lipinski definition) is 4. The molecule has 0 spiro atoms. The van der Waals surface area contributed by atoms with E-state index in [1.165, 1.54) is 14.2 Å². The number of benzene rings is 3. The standard InChI is InChI=1S/C44H45N9O6/c1-26(47-43(56)58-2)41(54)52-21-7-11-36(52)39-46-25-35(50-39)31-18-20-33-30(23-31)17-19-32(48-33)27-13-15-28(16-14-27)34-24-45-40(49-34)37-12-8-22-53(37)42(55)38(51-44(57)59-3)29-9-5-4-6-10-29/h4-6,9-10,13-20,23-26,36-38H,7-8,11-12,21-22H2,1-3H3,(H,45,49)(H,46,50)(H,47,56)(H,51,57)/t26-,36-,37-,38+/m0/s1. The fourth-order valence-electron chi connectivity index (χ4n) is 8.03. The molecule has 3 aromatic heterocycles. The molecule has 0 radical (unpaired) electrons. The van der Waals surface area contributed by atoms with Crippen LogP contribution in [0.2, 0.25) is 0 Å². The van der Waals surface area contributed by atoms with E-state index in [2.05, 4.69) is 42.5 Å². The summed E-state index contributed by atoms with van der Waals surface area (Å²) in [4.78, 5) is 75.7. The second kappa shape index (κ2) is 16.8. The summed E-state index contributed by atoms with van der Waals surface area (Å²) in [5.74, 6) is 0.999. The van der Waals surface area contributed by atoms with Crippen LogP contribution in [0.15, 0.2) is 97.3 Å². The number of imidazole rings is 2. The Labute approximate surface area is 340 Å². The zero-order chi connectivity index (χ0) is 41.0. The third kappa shape index (κ3) is 8.08. The molecule has 0 unspecified atom stereocenters. The van der Waals surface area contributed by atoms with Gasteiger partial charge in [0, 0.05) is 29.6 Å². The molecule has 2 saturated heterocycles. The molecule has 5 heterocycles. The van der Waals surface area contributed by atoms with Gasteiger partial charge >= 0.3 is 12.2 Å². The van der Waals surface area contributed by atoms with Gasteiger partial charge in [-0.2, -0.15) is 0 Å². The number of likely N-dealkylation sites (tertiary alicyclic amines) is 2. The lowest BCUT2D eigenvalue weighted by atomic mass is 10.0. The summed E-state index contributed by atoms with van der Waals surface area (Å²) < 4.78 is 9.48. The third-order valence-electron chi connectivity index (χ3n) is 11.1. The van der Waals surface area contributed by atoms with Crippen LogP contribution in [-0.4, -0.2) is 92.1 Å². The van der Waals surface area contributed by atoms with Crippen LogP contribution in [0.1, 0.15) is 67.9 Å². The second-order valence-corrected chi connectivity index (χ2v) is 14.8. The SMILES string of the molecule is COC(=O)N[C@@H](C)C(=O)N1CCC[C@H]1c1ncc(-c2ccc3nc(-c4ccc(-c5cnc([C@@H]6CCCN6C(=O)[C@H](NC(=O)OC)c6ccccc6)[nH]5)cc4)ccc3c2)[nH]1. The maximum absolute atomic E-state index is 13.9. The molecule has 4 N–H and O–H groups in total. The average molecular weight is 796 g/mol. The summed E-state index contributed by atoms with van der Waals surface area (Å²) in [7, 11) is 2.55. The molecule has 3 aromatic carbocycles. The fraction of sp³-hybridized carbons (Fsp3) is 0.295. The Morgan fingerprint density at radius 2 is 1.27 bits per heavy atom. The van der Waals surface area contributed by atoms with Gasteiger partial charge in [0.25, 0.3) is 5.91 Å². The molecule has 59 heavy (non-hydrogen) atoms. The molecule has 6 aromatic rings. The molecular weight excluding hydrogens is 751 g/mol. The molecule has 2 aliphatic heterocycles. The van der Waals surface area contributed by atoms with Crippen LogP contribution in [0, 0.1) is 0 Å². The number of fused-ring (bicyclic) bond motifs is 1. The van der Waals surface area contributed by atoms with Gasteiger partial charge in [-0.1, -0.05) is 66.7 Å². The number of amides is 4. The first-order valence-electron chi connectivity index (χ1n) is 19.7. The Balaban J connectivity index is 0.940. The van der Waals surface area contributed by atoms with Gasteiger partial charge < -0.3 is 39.9 Å². The van der Waals surface area contributed by atoms with E-state index in [0.29, 0.717) is 30.3 Å². The predicted molar refractivity (Wildman–Crippen MR) is 219 cm³/mol. The lowest BCUT2D eigenvalue weighted by molar-refractivity contribution is -0.135. The Kier molecular flexibility index (Phi) is 11.1. The molecule has 15 heteroatoms. The van der Waals surface area contributed by atoms with E-state index >= 15 is 0 Å². The predicted octanol–water partition coefficient (Wildman–Crippen LogP) is 6.85. The molecule has 2 fully saturated rings. The number of ether oxygens (including phenoxy) is 2. The van der Waals surface area contributed by atoms with E-state index in [4.69, 9.17) is 14.7 Å². The summed E-state index contributed by atoms with van der Waals surface area (Å²) in [5.41, 5.74) is 6.88. The number of hydrogen-bond acceptors (Lipinski definition) is 9. The normalized spacial score (nSPS) is 17.4. The third-order valence-corrected chi connectivity index (χ3v) is 11.1. The molecule has 15 nitrogen and oxygen atoms in total. The summed E-state index contributed by atoms with van der Waals surface area (Å²) in [5, 5.41) is 6.24. The van der Waals surface area contributed by atoms with Crippen LogP contribution < -0.4 is 10.6 Å². The number of alkyl carbamates (subject to hydrolysis) is 2. The van der Waals surface area contributed by atoms with E-state index in [1.54, 1.807) is 29.1 Å². The van der Waals surface area contributed by atoms with E-state index in [1.807, 2.05) is 72.8 Å². The maximum Gasteiger partial charge on any atom is 0.407 e. The number of H-pyrrole nitrogens is 2. The van der Waals surface area contributed by atoms with Crippen molar-refractivity contribution < 1.29 is 28.7 Å². The molecular formula is C44H45N9O6. The highest BCUT2D eigenvalue weighted by Gasteiger charge is 2.37. The quantitative estimate of drug-likeness (QED) is 0.115. The molecule has 2 aliphatic rings. The Hall–Kier alpha value is -7.03. The molecule has 0 aliphatic carbocycles. The number of methoxy groups -OCH3 is 2. The smallest absolute Gasteiger partial charge is 0.407 e. The number of aromatic amines is 2. The Bertz CT molecular complexity index is 2480. The topological polar surface area (TPSA) is 188 Å². The van der Waals surface area contributed by atoms with Crippen LogP contribution in [0.3, 0.4) is 0 Å². The van der Waals surface area contributed by atoms with Gasteiger partial charge in [-0.15, -0.1) is 0 Å². The van der Waals surface area contributed by atoms with Crippen molar-refractivity contribution in [1.29, 1.82) is 0 Å². The van der Waals surface area contributed by atoms with Crippen LogP contribution in [0.25, 0.3) is 44.7 Å². The van der Waals surface area contributed by atoms with Crippen molar-refractivity contribution in [3.63, 3.8) is 0 Å². The lowest BCUT2D eigenvalue weighted by Gasteiger charge is -2.28. The van der Waals surface area contributed by atoms with Crippen molar-refractivity contribution in [3.05, 3.63) is 115 Å². The lowest BCUT2D eigenvalue weighted by Crippen LogP contribution is -2.46. The van der Waals surface area contributed by atoms with Crippen LogP contribution >= 0.6 is 0 Å². The fourth-order valence-corrected chi connectivity index (χ4v) is 8.03. The van der Waals surface area contributed by atoms with Crippen molar-refractivity contribution in [2.45, 2.75) is 56.8 Å². The first kappa shape index (κ1) is 38.8. The van der Waals surface area contributed by atoms with E-state index in [-0.39, 0.29) is 23.9 Å². The van der Waals surface area contributed by atoms with Crippen molar-refractivity contribution in [2.24, 2.45) is 0 Å². The highest BCUT2D eigenvalue weighted by Crippen LogP contribution is 2.35. The second-order valence-electron chi connectivity index (χ2n) is 14.8. The highest BCUT2D eigenvalue weighted by molar-refractivity contribution is 5.88. The average Bonchev–Trinajstić information content (AvgIpc) is 4.12. The highest BCUT2D eigenvalue weighted by atomic mass is 16.5. The van der Waals surface area contributed by atoms with Crippen LogP contribution in [0.5, 0.6) is 0 Å². The van der Waals surface area contributed by atoms with E-state index in [0.717, 1.165) is 70.4 Å². The van der Waals surface area contributed by atoms with Crippen LogP contribution in [0.4, 0.5) is 9.59 Å². The van der Waals surface area contributed by atoms with Gasteiger partial charge in [0.2, 0.25) is 5.91 Å². The summed E-state index contributed by atoms with van der Waals surface area (Å²) >= 11 is 0. The van der Waals surface area contributed by atoms with Gasteiger partial charge in [0.1, 0.15) is 23.7 Å². The van der Waals surface area contributed by atoms with Crippen LogP contribution in [-0.2, 0) is 19.1 Å². The number of nitrogens with one attached hydrogen (secondary N) is 4. The monoisotopic (exact) mass is 795 g/mol. The Morgan fingerprint density at radius 3 is 1.92 bits per heavy atom. The number of carbonyl (C=O) groups is 4. The largest absolute Gasteiger partial charge is 0.453 e. The first-order valence-corrected chi connectivity index (χ1v) is 19.7. The van der Waals surface area contributed by atoms with Gasteiger partial charge in [-0.3, -0.25) is 9.59 Å². The molecule has 8 rings (SSSR count). The number of rotatable bonds is 10. The molecule has 302 valence electrons. The number of nitrogens with zero attached hydrogens (tertiary/aromatic N) is 5.